The molecule has 0 spiro atoms. The molecule has 76 valence electrons. The minimum absolute atomic E-state index is 0.00583. The second-order valence-corrected chi connectivity index (χ2v) is 2.75. The van der Waals surface area contributed by atoms with E-state index in [1.807, 2.05) is 0 Å². The normalized spacial score (nSPS) is 10.1. The zero-order chi connectivity index (χ0) is 10.8. The van der Waals surface area contributed by atoms with Crippen LogP contribution in [0.2, 0.25) is 0 Å². The van der Waals surface area contributed by atoms with Gasteiger partial charge in [-0.3, -0.25) is 4.98 Å². The molecule has 0 amide bonds. The molecule has 0 saturated heterocycles. The van der Waals surface area contributed by atoms with Crippen LogP contribution < -0.4 is 5.73 Å². The number of nitrogens with zero attached hydrogens (tertiary/aromatic N) is 4. The fourth-order valence-electron chi connectivity index (χ4n) is 1.12. The molecule has 2 heterocycles. The average Bonchev–Trinajstić information content (AvgIpc) is 2.61. The molecule has 0 atom stereocenters. The summed E-state index contributed by atoms with van der Waals surface area (Å²) in [5, 5.41) is 15.8. The Morgan fingerprint density at radius 1 is 1.40 bits per heavy atom. The summed E-state index contributed by atoms with van der Waals surface area (Å²) in [6.45, 7) is 0. The second kappa shape index (κ2) is 3.37. The number of hydrogen-bond donors (Lipinski definition) is 2. The molecule has 2 rings (SSSR count). The molecule has 0 radical (unpaired) electrons. The van der Waals surface area contributed by atoms with Gasteiger partial charge in [-0.2, -0.15) is 4.68 Å². The van der Waals surface area contributed by atoms with E-state index >= 15 is 0 Å². The topological polar surface area (TPSA) is 107 Å². The van der Waals surface area contributed by atoms with Gasteiger partial charge in [0.2, 0.25) is 5.69 Å². The molecule has 7 nitrogen and oxygen atoms in total. The Balaban J connectivity index is 2.52. The third-order valence-corrected chi connectivity index (χ3v) is 1.81. The molecule has 0 aliphatic rings. The molecule has 2 aromatic heterocycles. The predicted octanol–water partition coefficient (Wildman–Crippen LogP) is -0.0573. The Morgan fingerprint density at radius 2 is 2.07 bits per heavy atom. The number of aromatic carboxylic acids is 1. The van der Waals surface area contributed by atoms with Crippen LogP contribution >= 0.6 is 0 Å². The highest BCUT2D eigenvalue weighted by Crippen LogP contribution is 2.13. The molecule has 7 heteroatoms. The number of nitrogen functional groups attached to an aromatic ring is 1. The van der Waals surface area contributed by atoms with Gasteiger partial charge in [0.05, 0.1) is 5.69 Å². The van der Waals surface area contributed by atoms with Gasteiger partial charge < -0.3 is 10.8 Å². The standard InChI is InChI=1S/C8H7N5O2/c9-7-6(8(14)15)11-12-13(7)5-1-3-10-4-2-5/h1-4H,9H2,(H,14,15). The molecular weight excluding hydrogens is 198 g/mol. The number of nitrogens with two attached hydrogens (primary N) is 1. The van der Waals surface area contributed by atoms with Gasteiger partial charge >= 0.3 is 5.97 Å². The van der Waals surface area contributed by atoms with Crippen molar-refractivity contribution in [1.29, 1.82) is 0 Å². The van der Waals surface area contributed by atoms with Crippen molar-refractivity contribution in [3.05, 3.63) is 30.2 Å². The maximum Gasteiger partial charge on any atom is 0.360 e. The van der Waals surface area contributed by atoms with Crippen molar-refractivity contribution < 1.29 is 9.90 Å². The molecule has 2 aromatic rings. The molecule has 0 saturated carbocycles. The van der Waals surface area contributed by atoms with Gasteiger partial charge in [0, 0.05) is 12.4 Å². The zero-order valence-electron chi connectivity index (χ0n) is 7.53. The summed E-state index contributed by atoms with van der Waals surface area (Å²) in [6.07, 6.45) is 3.10. The fraction of sp³-hybridized carbons (Fsp3) is 0. The first-order chi connectivity index (χ1) is 7.20. The molecule has 0 bridgehead atoms. The van der Waals surface area contributed by atoms with Crippen molar-refractivity contribution in [2.24, 2.45) is 0 Å². The number of aromatic nitrogens is 4. The van der Waals surface area contributed by atoms with Crippen LogP contribution in [0, 0.1) is 0 Å². The molecule has 0 unspecified atom stereocenters. The van der Waals surface area contributed by atoms with Gasteiger partial charge in [0.25, 0.3) is 0 Å². The first kappa shape index (κ1) is 9.13. The van der Waals surface area contributed by atoms with Crippen molar-refractivity contribution in [2.45, 2.75) is 0 Å². The highest BCUT2D eigenvalue weighted by atomic mass is 16.4. The van der Waals surface area contributed by atoms with E-state index in [-0.39, 0.29) is 11.5 Å². The molecule has 0 aliphatic heterocycles. The summed E-state index contributed by atoms with van der Waals surface area (Å²) in [7, 11) is 0. The van der Waals surface area contributed by atoms with Crippen LogP contribution in [-0.2, 0) is 0 Å². The number of anilines is 1. The van der Waals surface area contributed by atoms with Gasteiger partial charge in [-0.05, 0) is 12.1 Å². The average molecular weight is 205 g/mol. The Hall–Kier alpha value is -2.44. The largest absolute Gasteiger partial charge is 0.476 e. The smallest absolute Gasteiger partial charge is 0.360 e. The summed E-state index contributed by atoms with van der Waals surface area (Å²) < 4.78 is 1.24. The summed E-state index contributed by atoms with van der Waals surface area (Å²) in [4.78, 5) is 14.5. The zero-order valence-corrected chi connectivity index (χ0v) is 7.53. The molecular formula is C8H7N5O2. The SMILES string of the molecule is Nc1c(C(=O)O)nnn1-c1ccncc1. The Bertz CT molecular complexity index is 493. The maximum atomic E-state index is 10.7. The number of carboxylic acids is 1. The van der Waals surface area contributed by atoms with Gasteiger partial charge in [-0.15, -0.1) is 5.10 Å². The lowest BCUT2D eigenvalue weighted by molar-refractivity contribution is 0.0691. The molecule has 0 aromatic carbocycles. The molecule has 15 heavy (non-hydrogen) atoms. The first-order valence-electron chi connectivity index (χ1n) is 4.05. The molecule has 0 fully saturated rings. The van der Waals surface area contributed by atoms with E-state index in [9.17, 15) is 4.79 Å². The summed E-state index contributed by atoms with van der Waals surface area (Å²) in [5.41, 5.74) is 5.93. The van der Waals surface area contributed by atoms with E-state index in [1.165, 1.54) is 4.68 Å². The highest BCUT2D eigenvalue weighted by Gasteiger charge is 2.16. The Labute approximate surface area is 84.2 Å². The van der Waals surface area contributed by atoms with Crippen LogP contribution in [0.5, 0.6) is 0 Å². The van der Waals surface area contributed by atoms with Crippen LogP contribution in [0.4, 0.5) is 5.82 Å². The molecule has 0 aliphatic carbocycles. The monoisotopic (exact) mass is 205 g/mol. The van der Waals surface area contributed by atoms with Gasteiger partial charge in [-0.1, -0.05) is 5.21 Å². The minimum Gasteiger partial charge on any atom is -0.476 e. The van der Waals surface area contributed by atoms with E-state index in [1.54, 1.807) is 24.5 Å². The van der Waals surface area contributed by atoms with Crippen molar-refractivity contribution >= 4 is 11.8 Å². The number of carboxylic acid groups (broad SMARTS) is 1. The lowest BCUT2D eigenvalue weighted by Gasteiger charge is -2.00. The van der Waals surface area contributed by atoms with Crippen LogP contribution in [0.25, 0.3) is 5.69 Å². The Kier molecular flexibility index (Phi) is 2.05. The van der Waals surface area contributed by atoms with Crippen molar-refractivity contribution in [2.75, 3.05) is 5.73 Å². The fourth-order valence-corrected chi connectivity index (χ4v) is 1.12. The van der Waals surface area contributed by atoms with E-state index in [0.29, 0.717) is 5.69 Å². The lowest BCUT2D eigenvalue weighted by Crippen LogP contribution is -2.05. The highest BCUT2D eigenvalue weighted by molar-refractivity contribution is 5.90. The lowest BCUT2D eigenvalue weighted by atomic mass is 10.4. The summed E-state index contributed by atoms with van der Waals surface area (Å²) in [6, 6.07) is 3.30. The minimum atomic E-state index is -1.20. The maximum absolute atomic E-state index is 10.7. The van der Waals surface area contributed by atoms with E-state index in [0.717, 1.165) is 0 Å². The summed E-state index contributed by atoms with van der Waals surface area (Å²) >= 11 is 0. The van der Waals surface area contributed by atoms with Crippen LogP contribution in [-0.4, -0.2) is 31.1 Å². The Morgan fingerprint density at radius 3 is 2.60 bits per heavy atom. The van der Waals surface area contributed by atoms with Gasteiger partial charge in [0.15, 0.2) is 5.82 Å². The second-order valence-electron chi connectivity index (χ2n) is 2.75. The van der Waals surface area contributed by atoms with E-state index in [4.69, 9.17) is 10.8 Å². The van der Waals surface area contributed by atoms with E-state index < -0.39 is 5.97 Å². The quantitative estimate of drug-likeness (QED) is 0.711. The van der Waals surface area contributed by atoms with E-state index in [2.05, 4.69) is 15.3 Å². The first-order valence-corrected chi connectivity index (χ1v) is 4.05. The van der Waals surface area contributed by atoms with Crippen molar-refractivity contribution in [3.63, 3.8) is 0 Å². The van der Waals surface area contributed by atoms with Gasteiger partial charge in [0.1, 0.15) is 0 Å². The number of hydrogen-bond acceptors (Lipinski definition) is 5. The predicted molar refractivity (Wildman–Crippen MR) is 50.5 cm³/mol. The summed E-state index contributed by atoms with van der Waals surface area (Å²) in [5.74, 6) is -1.21. The van der Waals surface area contributed by atoms with Crippen LogP contribution in [0.15, 0.2) is 24.5 Å². The van der Waals surface area contributed by atoms with Crippen molar-refractivity contribution in [1.82, 2.24) is 20.0 Å². The number of rotatable bonds is 2. The third-order valence-electron chi connectivity index (χ3n) is 1.81. The number of carbonyl (C=O) groups is 1. The van der Waals surface area contributed by atoms with Gasteiger partial charge in [-0.25, -0.2) is 4.79 Å². The van der Waals surface area contributed by atoms with Crippen molar-refractivity contribution in [3.8, 4) is 5.69 Å². The number of pyridine rings is 1. The molecule has 3 N–H and O–H groups in total. The third kappa shape index (κ3) is 1.50. The van der Waals surface area contributed by atoms with Crippen LogP contribution in [0.1, 0.15) is 10.5 Å². The van der Waals surface area contributed by atoms with Crippen LogP contribution in [0.3, 0.4) is 0 Å².